The second-order valence-electron chi connectivity index (χ2n) is 3.85. The second-order valence-corrected chi connectivity index (χ2v) is 3.85. The van der Waals surface area contributed by atoms with Crippen molar-refractivity contribution in [3.05, 3.63) is 30.6 Å². The first-order valence-electron chi connectivity index (χ1n) is 5.39. The van der Waals surface area contributed by atoms with Crippen molar-refractivity contribution in [2.24, 2.45) is 0 Å². The number of aromatic nitrogens is 2. The van der Waals surface area contributed by atoms with Crippen molar-refractivity contribution in [1.29, 1.82) is 0 Å². The van der Waals surface area contributed by atoms with Gasteiger partial charge in [0.15, 0.2) is 0 Å². The van der Waals surface area contributed by atoms with Crippen LogP contribution in [0.3, 0.4) is 0 Å². The van der Waals surface area contributed by atoms with Gasteiger partial charge in [0.1, 0.15) is 0 Å². The van der Waals surface area contributed by atoms with Gasteiger partial charge in [-0.15, -0.1) is 6.58 Å². The number of hydrogen-bond acceptors (Lipinski definition) is 2. The molecule has 0 amide bonds. The first-order valence-corrected chi connectivity index (χ1v) is 5.39. The van der Waals surface area contributed by atoms with Gasteiger partial charge in [0.25, 0.3) is 0 Å². The van der Waals surface area contributed by atoms with Crippen LogP contribution in [0, 0.1) is 0 Å². The molecule has 0 spiro atoms. The maximum atomic E-state index is 4.15. The molecule has 86 valence electrons. The molecule has 1 aromatic rings. The van der Waals surface area contributed by atoms with Gasteiger partial charge in [-0.25, -0.2) is 0 Å². The number of likely N-dealkylation sites (N-methyl/N-ethyl adjacent to an activating group) is 1. The predicted octanol–water partition coefficient (Wildman–Crippen LogP) is 2.64. The van der Waals surface area contributed by atoms with Crippen LogP contribution in [0.5, 0.6) is 0 Å². The molecule has 1 heterocycles. The molecule has 0 bridgehead atoms. The summed E-state index contributed by atoms with van der Waals surface area (Å²) < 4.78 is 1.96. The predicted molar refractivity (Wildman–Crippen MR) is 66.0 cm³/mol. The lowest BCUT2D eigenvalue weighted by atomic mass is 10.3. The molecule has 0 radical (unpaired) electrons. The summed E-state index contributed by atoms with van der Waals surface area (Å²) in [5.74, 6) is 0. The number of rotatable bonds is 4. The molecule has 0 saturated carbocycles. The highest BCUT2D eigenvalue weighted by Crippen LogP contribution is 1.99. The zero-order chi connectivity index (χ0) is 11.7. The summed E-state index contributed by atoms with van der Waals surface area (Å²) in [5, 5.41) is 7.42. The van der Waals surface area contributed by atoms with E-state index in [4.69, 9.17) is 0 Å². The van der Waals surface area contributed by atoms with E-state index in [9.17, 15) is 0 Å². The lowest BCUT2D eigenvalue weighted by Crippen LogP contribution is -2.23. The highest BCUT2D eigenvalue weighted by Gasteiger charge is 2.01. The molecule has 0 aromatic carbocycles. The Balaban J connectivity index is 0.000000423. The molecule has 1 aromatic heterocycles. The van der Waals surface area contributed by atoms with E-state index in [1.54, 1.807) is 0 Å². The highest BCUT2D eigenvalue weighted by molar-refractivity contribution is 4.80. The molecule has 1 N–H and O–H groups in total. The van der Waals surface area contributed by atoms with Crippen LogP contribution in [0.2, 0.25) is 0 Å². The fourth-order valence-electron chi connectivity index (χ4n) is 0.988. The minimum absolute atomic E-state index is 0.449. The molecular weight excluding hydrogens is 186 g/mol. The molecule has 0 aliphatic carbocycles. The normalized spacial score (nSPS) is 11.5. The molecule has 0 fully saturated rings. The third-order valence-corrected chi connectivity index (χ3v) is 1.67. The molecule has 1 unspecified atom stereocenters. The van der Waals surface area contributed by atoms with Gasteiger partial charge in [0, 0.05) is 18.9 Å². The first-order chi connectivity index (χ1) is 7.07. The van der Waals surface area contributed by atoms with Crippen molar-refractivity contribution in [1.82, 2.24) is 15.1 Å². The van der Waals surface area contributed by atoms with Crippen LogP contribution in [0.15, 0.2) is 30.6 Å². The van der Waals surface area contributed by atoms with Gasteiger partial charge in [-0.3, -0.25) is 4.68 Å². The van der Waals surface area contributed by atoms with E-state index >= 15 is 0 Å². The van der Waals surface area contributed by atoms with Crippen LogP contribution in [-0.2, 0) is 0 Å². The average Bonchev–Trinajstić information content (AvgIpc) is 2.66. The zero-order valence-corrected chi connectivity index (χ0v) is 10.3. The Morgan fingerprint density at radius 2 is 2.13 bits per heavy atom. The Hall–Kier alpha value is -1.09. The third kappa shape index (κ3) is 7.94. The van der Waals surface area contributed by atoms with E-state index in [2.05, 4.69) is 30.8 Å². The van der Waals surface area contributed by atoms with Gasteiger partial charge < -0.3 is 5.32 Å². The Morgan fingerprint density at radius 3 is 2.53 bits per heavy atom. The zero-order valence-electron chi connectivity index (χ0n) is 10.3. The summed E-state index contributed by atoms with van der Waals surface area (Å²) in [7, 11) is 0. The molecule has 1 rings (SSSR count). The van der Waals surface area contributed by atoms with Gasteiger partial charge in [0.05, 0.1) is 6.04 Å². The molecule has 1 atom stereocenters. The monoisotopic (exact) mass is 209 g/mol. The standard InChI is InChI=1S/C8H15N3.C4H8/c1-3-9-7-8(2)11-6-4-5-10-11;1-4(2)3/h4-6,8-9H,3,7H2,1-2H3;1H2,2-3H3. The van der Waals surface area contributed by atoms with Crippen molar-refractivity contribution in [2.75, 3.05) is 13.1 Å². The molecule has 0 saturated heterocycles. The summed E-state index contributed by atoms with van der Waals surface area (Å²) in [6.45, 7) is 13.8. The third-order valence-electron chi connectivity index (χ3n) is 1.67. The fourth-order valence-corrected chi connectivity index (χ4v) is 0.988. The SMILES string of the molecule is C=C(C)C.CCNCC(C)n1cccn1. The topological polar surface area (TPSA) is 29.9 Å². The van der Waals surface area contributed by atoms with Crippen LogP contribution >= 0.6 is 0 Å². The Labute approximate surface area is 93.2 Å². The maximum absolute atomic E-state index is 4.15. The van der Waals surface area contributed by atoms with Crippen molar-refractivity contribution in [3.8, 4) is 0 Å². The van der Waals surface area contributed by atoms with Crippen LogP contribution < -0.4 is 5.32 Å². The lowest BCUT2D eigenvalue weighted by molar-refractivity contribution is 0.460. The highest BCUT2D eigenvalue weighted by atomic mass is 15.3. The van der Waals surface area contributed by atoms with Gasteiger partial charge >= 0.3 is 0 Å². The maximum Gasteiger partial charge on any atom is 0.0615 e. The molecule has 15 heavy (non-hydrogen) atoms. The van der Waals surface area contributed by atoms with E-state index in [1.165, 1.54) is 5.57 Å². The van der Waals surface area contributed by atoms with Crippen LogP contribution in [0.1, 0.15) is 33.7 Å². The van der Waals surface area contributed by atoms with E-state index in [0.717, 1.165) is 13.1 Å². The van der Waals surface area contributed by atoms with Gasteiger partial charge in [0.2, 0.25) is 0 Å². The smallest absolute Gasteiger partial charge is 0.0615 e. The Morgan fingerprint density at radius 1 is 1.53 bits per heavy atom. The summed E-state index contributed by atoms with van der Waals surface area (Å²) in [6.07, 6.45) is 3.80. The van der Waals surface area contributed by atoms with E-state index in [0.29, 0.717) is 6.04 Å². The number of hydrogen-bond donors (Lipinski definition) is 1. The van der Waals surface area contributed by atoms with Crippen LogP contribution in [0.25, 0.3) is 0 Å². The number of nitrogens with zero attached hydrogens (tertiary/aromatic N) is 2. The van der Waals surface area contributed by atoms with Crippen molar-refractivity contribution < 1.29 is 0 Å². The minimum atomic E-state index is 0.449. The first kappa shape index (κ1) is 13.9. The average molecular weight is 209 g/mol. The van der Waals surface area contributed by atoms with Gasteiger partial charge in [-0.1, -0.05) is 12.5 Å². The van der Waals surface area contributed by atoms with Crippen molar-refractivity contribution in [2.45, 2.75) is 33.7 Å². The van der Waals surface area contributed by atoms with E-state index in [1.807, 2.05) is 37.0 Å². The molecule has 3 nitrogen and oxygen atoms in total. The minimum Gasteiger partial charge on any atom is -0.315 e. The lowest BCUT2D eigenvalue weighted by Gasteiger charge is -2.11. The van der Waals surface area contributed by atoms with Gasteiger partial charge in [-0.05, 0) is 33.4 Å². The molecule has 0 aliphatic rings. The molecular formula is C12H23N3. The van der Waals surface area contributed by atoms with E-state index in [-0.39, 0.29) is 0 Å². The van der Waals surface area contributed by atoms with Crippen LogP contribution in [-0.4, -0.2) is 22.9 Å². The van der Waals surface area contributed by atoms with E-state index < -0.39 is 0 Å². The van der Waals surface area contributed by atoms with Crippen LogP contribution in [0.4, 0.5) is 0 Å². The van der Waals surface area contributed by atoms with Crippen molar-refractivity contribution >= 4 is 0 Å². The summed E-state index contributed by atoms with van der Waals surface area (Å²) in [4.78, 5) is 0. The summed E-state index contributed by atoms with van der Waals surface area (Å²) in [6, 6.07) is 2.40. The van der Waals surface area contributed by atoms with Gasteiger partial charge in [-0.2, -0.15) is 5.10 Å². The molecule has 3 heteroatoms. The second kappa shape index (κ2) is 8.24. The summed E-state index contributed by atoms with van der Waals surface area (Å²) in [5.41, 5.74) is 1.17. The fraction of sp³-hybridized carbons (Fsp3) is 0.583. The number of allylic oxidation sites excluding steroid dienone is 1. The summed E-state index contributed by atoms with van der Waals surface area (Å²) >= 11 is 0. The number of nitrogens with one attached hydrogen (secondary N) is 1. The molecule has 0 aliphatic heterocycles. The van der Waals surface area contributed by atoms with Crippen molar-refractivity contribution in [3.63, 3.8) is 0 Å². The quantitative estimate of drug-likeness (QED) is 0.773. The Kier molecular flexibility index (Phi) is 7.64. The largest absolute Gasteiger partial charge is 0.315 e. The Bertz CT molecular complexity index is 248.